The first-order valence-corrected chi connectivity index (χ1v) is 10.9. The molecule has 31 heavy (non-hydrogen) atoms. The lowest BCUT2D eigenvalue weighted by molar-refractivity contribution is -0.120. The molecule has 0 spiro atoms. The van der Waals surface area contributed by atoms with Gasteiger partial charge in [0.05, 0.1) is 11.4 Å². The van der Waals surface area contributed by atoms with Crippen LogP contribution < -0.4 is 21.7 Å². The molecule has 1 aromatic heterocycles. The van der Waals surface area contributed by atoms with Gasteiger partial charge in [-0.05, 0) is 35.8 Å². The van der Waals surface area contributed by atoms with Crippen LogP contribution in [-0.4, -0.2) is 34.7 Å². The predicted octanol–water partition coefficient (Wildman–Crippen LogP) is 2.68. The maximum Gasteiger partial charge on any atom is 0.272 e. The van der Waals surface area contributed by atoms with E-state index in [-0.39, 0.29) is 34.8 Å². The van der Waals surface area contributed by atoms with Gasteiger partial charge in [0.2, 0.25) is 5.91 Å². The molecule has 1 aliphatic rings. The Morgan fingerprint density at radius 3 is 2.52 bits per heavy atom. The highest BCUT2D eigenvalue weighted by Gasteiger charge is 2.29. The number of carbonyl (C=O) groups is 3. The summed E-state index contributed by atoms with van der Waals surface area (Å²) in [6.45, 7) is -0.174. The second-order valence-corrected chi connectivity index (χ2v) is 8.35. The maximum atomic E-state index is 13.5. The number of nitrogens with zero attached hydrogens (tertiary/aromatic N) is 2. The summed E-state index contributed by atoms with van der Waals surface area (Å²) < 4.78 is 3.93. The van der Waals surface area contributed by atoms with Crippen molar-refractivity contribution in [2.24, 2.45) is 5.73 Å². The number of anilines is 2. The zero-order valence-electron chi connectivity index (χ0n) is 16.8. The summed E-state index contributed by atoms with van der Waals surface area (Å²) in [5.74, 6) is -1.55. The molecule has 0 atom stereocenters. The number of hydrogen-bond donors (Lipinski definition) is 3. The second kappa shape index (κ2) is 8.73. The molecule has 1 aliphatic carbocycles. The van der Waals surface area contributed by atoms with E-state index in [0.29, 0.717) is 5.69 Å². The van der Waals surface area contributed by atoms with Gasteiger partial charge < -0.3 is 16.8 Å². The van der Waals surface area contributed by atoms with Crippen molar-refractivity contribution >= 4 is 51.4 Å². The van der Waals surface area contributed by atoms with Gasteiger partial charge in [0.25, 0.3) is 11.8 Å². The van der Waals surface area contributed by atoms with E-state index in [1.165, 1.54) is 4.90 Å². The minimum Gasteiger partial charge on any atom is -0.395 e. The van der Waals surface area contributed by atoms with E-state index in [0.717, 1.165) is 48.0 Å². The molecule has 1 heterocycles. The van der Waals surface area contributed by atoms with Crippen LogP contribution in [-0.2, 0) is 4.79 Å². The first-order valence-electron chi connectivity index (χ1n) is 10.1. The second-order valence-electron chi connectivity index (χ2n) is 7.58. The van der Waals surface area contributed by atoms with Crippen LogP contribution >= 0.6 is 11.5 Å². The fraction of sp³-hybridized carbons (Fsp3) is 0.273. The molecular weight excluding hydrogens is 414 g/mol. The lowest BCUT2D eigenvalue weighted by atomic mass is 10.1. The highest BCUT2D eigenvalue weighted by molar-refractivity contribution is 7.09. The highest BCUT2D eigenvalue weighted by Crippen LogP contribution is 2.31. The number of fused-ring (bicyclic) bond motifs is 1. The van der Waals surface area contributed by atoms with Crippen molar-refractivity contribution in [3.05, 3.63) is 53.0 Å². The molecule has 3 aromatic rings. The standard InChI is InChI=1S/C22H23N5O3S/c23-18-19(21(24)29)26-31-20(18)22(30)27(12-17(28)25-14-8-2-3-9-14)16-11-5-7-13-6-1-4-10-15(13)16/h1,4-7,10-11,14H,2-3,8-9,12,23H2,(H2,24,29)(H,25,28). The zero-order valence-corrected chi connectivity index (χ0v) is 17.7. The molecule has 0 bridgehead atoms. The Balaban J connectivity index is 1.72. The van der Waals surface area contributed by atoms with Crippen LogP contribution in [0.5, 0.6) is 0 Å². The Labute approximate surface area is 183 Å². The van der Waals surface area contributed by atoms with Crippen molar-refractivity contribution in [2.45, 2.75) is 31.7 Å². The van der Waals surface area contributed by atoms with Crippen LogP contribution in [0.3, 0.4) is 0 Å². The largest absolute Gasteiger partial charge is 0.395 e. The maximum absolute atomic E-state index is 13.5. The molecule has 2 aromatic carbocycles. The number of benzene rings is 2. The number of nitrogens with two attached hydrogens (primary N) is 2. The molecule has 5 N–H and O–H groups in total. The number of hydrogen-bond acceptors (Lipinski definition) is 6. The molecule has 0 radical (unpaired) electrons. The number of rotatable bonds is 6. The average molecular weight is 438 g/mol. The van der Waals surface area contributed by atoms with Crippen LogP contribution in [0.25, 0.3) is 10.8 Å². The third-order valence-electron chi connectivity index (χ3n) is 5.48. The average Bonchev–Trinajstić information content (AvgIpc) is 3.40. The minimum absolute atomic E-state index is 0.0658. The van der Waals surface area contributed by atoms with E-state index >= 15 is 0 Å². The first-order chi connectivity index (χ1) is 15.0. The van der Waals surface area contributed by atoms with Gasteiger partial charge in [-0.25, -0.2) is 0 Å². The van der Waals surface area contributed by atoms with Crippen molar-refractivity contribution in [3.8, 4) is 0 Å². The van der Waals surface area contributed by atoms with E-state index in [1.54, 1.807) is 6.07 Å². The Bertz CT molecular complexity index is 1150. The van der Waals surface area contributed by atoms with Gasteiger partial charge in [0.1, 0.15) is 11.4 Å². The summed E-state index contributed by atoms with van der Waals surface area (Å²) in [5, 5.41) is 4.78. The smallest absolute Gasteiger partial charge is 0.272 e. The molecule has 0 saturated heterocycles. The van der Waals surface area contributed by atoms with E-state index in [1.807, 2.05) is 36.4 Å². The molecule has 0 aliphatic heterocycles. The van der Waals surface area contributed by atoms with Gasteiger partial charge in [-0.15, -0.1) is 0 Å². The molecule has 4 rings (SSSR count). The Morgan fingerprint density at radius 1 is 1.10 bits per heavy atom. The van der Waals surface area contributed by atoms with Crippen LogP contribution in [0.2, 0.25) is 0 Å². The number of nitrogen functional groups attached to an aromatic ring is 1. The van der Waals surface area contributed by atoms with Crippen molar-refractivity contribution in [2.75, 3.05) is 17.2 Å². The minimum atomic E-state index is -0.802. The van der Waals surface area contributed by atoms with Gasteiger partial charge in [0, 0.05) is 11.4 Å². The summed E-state index contributed by atoms with van der Waals surface area (Å²) in [6.07, 6.45) is 4.06. The van der Waals surface area contributed by atoms with Gasteiger partial charge in [-0.3, -0.25) is 19.3 Å². The monoisotopic (exact) mass is 437 g/mol. The zero-order chi connectivity index (χ0) is 22.0. The molecule has 0 unspecified atom stereocenters. The van der Waals surface area contributed by atoms with Gasteiger partial charge >= 0.3 is 0 Å². The molecule has 160 valence electrons. The summed E-state index contributed by atoms with van der Waals surface area (Å²) >= 11 is 0.802. The van der Waals surface area contributed by atoms with E-state index in [9.17, 15) is 14.4 Å². The number of amides is 3. The summed E-state index contributed by atoms with van der Waals surface area (Å²) in [6, 6.07) is 13.3. The molecule has 1 fully saturated rings. The third-order valence-corrected chi connectivity index (χ3v) is 6.33. The van der Waals surface area contributed by atoms with Gasteiger partial charge in [-0.1, -0.05) is 49.2 Å². The van der Waals surface area contributed by atoms with Crippen molar-refractivity contribution < 1.29 is 14.4 Å². The van der Waals surface area contributed by atoms with E-state index in [4.69, 9.17) is 11.5 Å². The number of carbonyl (C=O) groups excluding carboxylic acids is 3. The summed E-state index contributed by atoms with van der Waals surface area (Å²) in [5.41, 5.74) is 11.7. The molecule has 8 nitrogen and oxygen atoms in total. The number of primary amides is 1. The van der Waals surface area contributed by atoms with Crippen molar-refractivity contribution in [1.29, 1.82) is 0 Å². The number of nitrogens with one attached hydrogen (secondary N) is 1. The quantitative estimate of drug-likeness (QED) is 0.546. The molecular formula is C22H23N5O3S. The van der Waals surface area contributed by atoms with E-state index in [2.05, 4.69) is 9.69 Å². The van der Waals surface area contributed by atoms with Gasteiger partial charge in [0.15, 0.2) is 5.69 Å². The van der Waals surface area contributed by atoms with E-state index < -0.39 is 11.8 Å². The number of aromatic nitrogens is 1. The van der Waals surface area contributed by atoms with Crippen molar-refractivity contribution in [3.63, 3.8) is 0 Å². The van der Waals surface area contributed by atoms with Crippen LogP contribution in [0.1, 0.15) is 45.8 Å². The van der Waals surface area contributed by atoms with Crippen LogP contribution in [0, 0.1) is 0 Å². The Morgan fingerprint density at radius 2 is 1.81 bits per heavy atom. The Hall–Kier alpha value is -3.46. The topological polar surface area (TPSA) is 131 Å². The van der Waals surface area contributed by atoms with Crippen LogP contribution in [0.15, 0.2) is 42.5 Å². The van der Waals surface area contributed by atoms with Crippen LogP contribution in [0.4, 0.5) is 11.4 Å². The highest BCUT2D eigenvalue weighted by atomic mass is 32.1. The summed E-state index contributed by atoms with van der Waals surface area (Å²) in [7, 11) is 0. The Kier molecular flexibility index (Phi) is 5.85. The predicted molar refractivity (Wildman–Crippen MR) is 121 cm³/mol. The SMILES string of the molecule is NC(=O)c1nsc(C(=O)N(CC(=O)NC2CCCC2)c2cccc3ccccc23)c1N. The third kappa shape index (κ3) is 4.22. The normalized spacial score (nSPS) is 13.9. The molecule has 1 saturated carbocycles. The molecule has 3 amide bonds. The lowest BCUT2D eigenvalue weighted by Gasteiger charge is -2.24. The molecule has 9 heteroatoms. The first kappa shape index (κ1) is 20.8. The lowest BCUT2D eigenvalue weighted by Crippen LogP contribution is -2.43. The van der Waals surface area contributed by atoms with Crippen molar-refractivity contribution in [1.82, 2.24) is 9.69 Å². The fourth-order valence-corrected chi connectivity index (χ4v) is 4.70. The fourth-order valence-electron chi connectivity index (χ4n) is 3.95. The summed E-state index contributed by atoms with van der Waals surface area (Å²) in [4.78, 5) is 39.3. The van der Waals surface area contributed by atoms with Gasteiger partial charge in [-0.2, -0.15) is 4.37 Å².